The fourth-order valence-corrected chi connectivity index (χ4v) is 2.26. The van der Waals surface area contributed by atoms with E-state index in [9.17, 15) is 4.39 Å². The molecule has 0 bridgehead atoms. The lowest BCUT2D eigenvalue weighted by atomic mass is 10.1. The van der Waals surface area contributed by atoms with Gasteiger partial charge in [-0.25, -0.2) is 4.39 Å². The molecule has 3 nitrogen and oxygen atoms in total. The maximum atomic E-state index is 12.8. The zero-order valence-corrected chi connectivity index (χ0v) is 10.0. The van der Waals surface area contributed by atoms with E-state index in [2.05, 4.69) is 14.8 Å². The van der Waals surface area contributed by atoms with E-state index in [0.29, 0.717) is 17.2 Å². The minimum absolute atomic E-state index is 0.213. The molecule has 0 unspecified atom stereocenters. The molecule has 0 saturated heterocycles. The highest BCUT2D eigenvalue weighted by Gasteiger charge is 2.27. The molecule has 1 aliphatic rings. The summed E-state index contributed by atoms with van der Waals surface area (Å²) in [6, 6.07) is 7.02. The van der Waals surface area contributed by atoms with Gasteiger partial charge in [-0.1, -0.05) is 12.1 Å². The van der Waals surface area contributed by atoms with Crippen molar-refractivity contribution in [1.82, 2.24) is 14.8 Å². The summed E-state index contributed by atoms with van der Waals surface area (Å²) in [4.78, 5) is 0. The molecule has 0 atom stereocenters. The molecule has 0 aliphatic heterocycles. The molecule has 0 amide bonds. The van der Waals surface area contributed by atoms with Gasteiger partial charge in [-0.05, 0) is 42.8 Å². The van der Waals surface area contributed by atoms with Crippen LogP contribution < -0.4 is 0 Å². The Morgan fingerprint density at radius 1 is 1.35 bits per heavy atom. The van der Waals surface area contributed by atoms with Gasteiger partial charge in [0.25, 0.3) is 0 Å². The molecule has 1 N–H and O–H groups in total. The zero-order chi connectivity index (χ0) is 11.8. The van der Waals surface area contributed by atoms with Gasteiger partial charge in [-0.2, -0.15) is 5.10 Å². The van der Waals surface area contributed by atoms with E-state index in [1.807, 2.05) is 0 Å². The minimum Gasteiger partial charge on any atom is -0.301 e. The number of benzene rings is 1. The number of rotatable bonds is 3. The second-order valence-corrected chi connectivity index (χ2v) is 4.74. The van der Waals surface area contributed by atoms with Crippen LogP contribution in [0, 0.1) is 10.6 Å². The Hall–Kier alpha value is -1.49. The predicted molar refractivity (Wildman–Crippen MR) is 64.9 cm³/mol. The van der Waals surface area contributed by atoms with Crippen LogP contribution in [0.15, 0.2) is 24.3 Å². The van der Waals surface area contributed by atoms with E-state index in [1.165, 1.54) is 25.0 Å². The fraction of sp³-hybridized carbons (Fsp3) is 0.333. The first-order valence-corrected chi connectivity index (χ1v) is 6.05. The van der Waals surface area contributed by atoms with Crippen LogP contribution in [-0.2, 0) is 6.42 Å². The molecule has 0 spiro atoms. The van der Waals surface area contributed by atoms with Crippen LogP contribution in [0.4, 0.5) is 4.39 Å². The lowest BCUT2D eigenvalue weighted by molar-refractivity contribution is 0.626. The van der Waals surface area contributed by atoms with Crippen LogP contribution in [0.25, 0.3) is 0 Å². The highest BCUT2D eigenvalue weighted by atomic mass is 32.1. The summed E-state index contributed by atoms with van der Waals surface area (Å²) in [7, 11) is 0. The Labute approximate surface area is 103 Å². The monoisotopic (exact) mass is 249 g/mol. The Morgan fingerprint density at radius 3 is 2.71 bits per heavy atom. The first-order valence-electron chi connectivity index (χ1n) is 5.64. The maximum absolute atomic E-state index is 12.8. The summed E-state index contributed by atoms with van der Waals surface area (Å²) >= 11 is 5.21. The summed E-state index contributed by atoms with van der Waals surface area (Å²) in [6.45, 7) is 0. The molecule has 1 aromatic heterocycles. The zero-order valence-electron chi connectivity index (χ0n) is 9.19. The number of halogens is 1. The maximum Gasteiger partial charge on any atom is 0.195 e. The van der Waals surface area contributed by atoms with Gasteiger partial charge < -0.3 is 4.57 Å². The molecule has 0 radical (unpaired) electrons. The van der Waals surface area contributed by atoms with Crippen LogP contribution in [0.3, 0.4) is 0 Å². The van der Waals surface area contributed by atoms with Crippen LogP contribution in [0.1, 0.15) is 30.3 Å². The molecule has 17 heavy (non-hydrogen) atoms. The number of aromatic amines is 1. The summed E-state index contributed by atoms with van der Waals surface area (Å²) < 4.78 is 15.6. The number of hydrogen-bond donors (Lipinski definition) is 1. The minimum atomic E-state index is -0.213. The van der Waals surface area contributed by atoms with Crippen molar-refractivity contribution in [3.8, 4) is 0 Å². The molecular formula is C12H12FN3S. The SMILES string of the molecule is Fc1ccc(Cc2n[nH]c(=S)n2C2CC2)cc1. The van der Waals surface area contributed by atoms with E-state index in [-0.39, 0.29) is 5.82 Å². The van der Waals surface area contributed by atoms with Crippen molar-refractivity contribution in [1.29, 1.82) is 0 Å². The van der Waals surface area contributed by atoms with E-state index in [0.717, 1.165) is 11.4 Å². The average Bonchev–Trinajstić information content (AvgIpc) is 3.08. The largest absolute Gasteiger partial charge is 0.301 e. The number of hydrogen-bond acceptors (Lipinski definition) is 2. The van der Waals surface area contributed by atoms with Gasteiger partial charge in [0.2, 0.25) is 0 Å². The number of aromatic nitrogens is 3. The third kappa shape index (κ3) is 2.15. The van der Waals surface area contributed by atoms with Crippen molar-refractivity contribution in [2.75, 3.05) is 0 Å². The van der Waals surface area contributed by atoms with Crippen molar-refractivity contribution in [3.63, 3.8) is 0 Å². The highest BCUT2D eigenvalue weighted by Crippen LogP contribution is 2.36. The summed E-state index contributed by atoms with van der Waals surface area (Å²) in [5, 5.41) is 7.08. The second-order valence-electron chi connectivity index (χ2n) is 4.35. The van der Waals surface area contributed by atoms with Crippen molar-refractivity contribution in [2.45, 2.75) is 25.3 Å². The van der Waals surface area contributed by atoms with Gasteiger partial charge in [0.15, 0.2) is 4.77 Å². The first kappa shape index (κ1) is 10.7. The van der Waals surface area contributed by atoms with Gasteiger partial charge >= 0.3 is 0 Å². The molecule has 5 heteroatoms. The second kappa shape index (κ2) is 4.07. The topological polar surface area (TPSA) is 33.6 Å². The molecule has 2 aromatic rings. The number of nitrogens with one attached hydrogen (secondary N) is 1. The summed E-state index contributed by atoms with van der Waals surface area (Å²) in [5.41, 5.74) is 1.04. The molecule has 1 aliphatic carbocycles. The summed E-state index contributed by atoms with van der Waals surface area (Å²) in [6.07, 6.45) is 3.03. The molecule has 1 fully saturated rings. The Morgan fingerprint density at radius 2 is 2.06 bits per heavy atom. The quantitative estimate of drug-likeness (QED) is 0.848. The normalized spacial score (nSPS) is 15.1. The lowest BCUT2D eigenvalue weighted by Crippen LogP contribution is -2.02. The van der Waals surface area contributed by atoms with Crippen molar-refractivity contribution in [3.05, 3.63) is 46.2 Å². The first-order chi connectivity index (χ1) is 8.24. The van der Waals surface area contributed by atoms with Crippen molar-refractivity contribution >= 4 is 12.2 Å². The molecule has 1 aromatic carbocycles. The average molecular weight is 249 g/mol. The molecule has 1 saturated carbocycles. The Kier molecular flexibility index (Phi) is 2.55. The number of H-pyrrole nitrogens is 1. The molecular weight excluding hydrogens is 237 g/mol. The fourth-order valence-electron chi connectivity index (χ4n) is 1.96. The van der Waals surface area contributed by atoms with Crippen LogP contribution >= 0.6 is 12.2 Å². The van der Waals surface area contributed by atoms with Gasteiger partial charge in [0, 0.05) is 12.5 Å². The van der Waals surface area contributed by atoms with Crippen LogP contribution in [-0.4, -0.2) is 14.8 Å². The third-order valence-corrected chi connectivity index (χ3v) is 3.25. The highest BCUT2D eigenvalue weighted by molar-refractivity contribution is 7.71. The molecule has 88 valence electrons. The van der Waals surface area contributed by atoms with E-state index in [1.54, 1.807) is 12.1 Å². The standard InChI is InChI=1S/C12H12FN3S/c13-9-3-1-8(2-4-9)7-11-14-15-12(17)16(11)10-5-6-10/h1-4,10H,5-7H2,(H,15,17). The van der Waals surface area contributed by atoms with Crippen LogP contribution in [0.5, 0.6) is 0 Å². The van der Waals surface area contributed by atoms with E-state index >= 15 is 0 Å². The summed E-state index contributed by atoms with van der Waals surface area (Å²) in [5.74, 6) is 0.721. The van der Waals surface area contributed by atoms with Gasteiger partial charge in [-0.15, -0.1) is 0 Å². The van der Waals surface area contributed by atoms with Crippen molar-refractivity contribution in [2.24, 2.45) is 0 Å². The smallest absolute Gasteiger partial charge is 0.195 e. The number of nitrogens with zero attached hydrogens (tertiary/aromatic N) is 2. The Bertz CT molecular complexity index is 581. The van der Waals surface area contributed by atoms with Crippen LogP contribution in [0.2, 0.25) is 0 Å². The van der Waals surface area contributed by atoms with E-state index in [4.69, 9.17) is 12.2 Å². The molecule has 1 heterocycles. The van der Waals surface area contributed by atoms with Gasteiger partial charge in [-0.3, -0.25) is 5.10 Å². The third-order valence-electron chi connectivity index (χ3n) is 2.96. The lowest BCUT2D eigenvalue weighted by Gasteiger charge is -2.04. The predicted octanol–water partition coefficient (Wildman–Crippen LogP) is 3.01. The Balaban J connectivity index is 1.90. The van der Waals surface area contributed by atoms with Crippen molar-refractivity contribution < 1.29 is 4.39 Å². The van der Waals surface area contributed by atoms with E-state index < -0.39 is 0 Å². The molecule has 3 rings (SSSR count). The van der Waals surface area contributed by atoms with Gasteiger partial charge in [0.05, 0.1) is 0 Å². The van der Waals surface area contributed by atoms with Gasteiger partial charge in [0.1, 0.15) is 11.6 Å².